The van der Waals surface area contributed by atoms with E-state index in [1.54, 1.807) is 12.1 Å². The molecule has 1 saturated carbocycles. The van der Waals surface area contributed by atoms with Gasteiger partial charge < -0.3 is 5.73 Å². The van der Waals surface area contributed by atoms with Gasteiger partial charge in [0.2, 0.25) is 0 Å². The summed E-state index contributed by atoms with van der Waals surface area (Å²) in [6, 6.07) is 7.66. The van der Waals surface area contributed by atoms with Crippen molar-refractivity contribution < 1.29 is 4.39 Å². The summed E-state index contributed by atoms with van der Waals surface area (Å²) in [7, 11) is 2.13. The molecule has 118 valence electrons. The minimum Gasteiger partial charge on any atom is -0.330 e. The van der Waals surface area contributed by atoms with Gasteiger partial charge in [-0.25, -0.2) is 4.39 Å². The van der Waals surface area contributed by atoms with Crippen molar-refractivity contribution in [3.63, 3.8) is 0 Å². The van der Waals surface area contributed by atoms with Crippen LogP contribution in [0.1, 0.15) is 51.1 Å². The molecule has 0 amide bonds. The fourth-order valence-electron chi connectivity index (χ4n) is 3.76. The van der Waals surface area contributed by atoms with E-state index < -0.39 is 0 Å². The summed E-state index contributed by atoms with van der Waals surface area (Å²) >= 11 is 0. The first-order valence-corrected chi connectivity index (χ1v) is 8.24. The molecule has 1 aromatic carbocycles. The van der Waals surface area contributed by atoms with Crippen molar-refractivity contribution in [2.45, 2.75) is 51.6 Å². The van der Waals surface area contributed by atoms with Crippen molar-refractivity contribution in [2.24, 2.45) is 17.6 Å². The Morgan fingerprint density at radius 1 is 1.33 bits per heavy atom. The van der Waals surface area contributed by atoms with Crippen LogP contribution < -0.4 is 5.73 Å². The molecule has 0 saturated heterocycles. The van der Waals surface area contributed by atoms with Crippen molar-refractivity contribution in [3.05, 3.63) is 35.6 Å². The van der Waals surface area contributed by atoms with Crippen molar-refractivity contribution in [1.29, 1.82) is 0 Å². The smallest absolute Gasteiger partial charge is 0.127 e. The lowest BCUT2D eigenvalue weighted by atomic mass is 9.76. The maximum absolute atomic E-state index is 14.0. The van der Waals surface area contributed by atoms with Gasteiger partial charge in [-0.3, -0.25) is 4.90 Å². The minimum absolute atomic E-state index is 0.0841. The first-order valence-electron chi connectivity index (χ1n) is 8.24. The fourth-order valence-corrected chi connectivity index (χ4v) is 3.76. The van der Waals surface area contributed by atoms with Gasteiger partial charge in [-0.1, -0.05) is 38.0 Å². The maximum atomic E-state index is 14.0. The number of halogens is 1. The van der Waals surface area contributed by atoms with Gasteiger partial charge in [-0.15, -0.1) is 0 Å². The molecule has 2 N–H and O–H groups in total. The predicted octanol–water partition coefficient (Wildman–Crippen LogP) is 3.97. The molecule has 0 aromatic heterocycles. The summed E-state index contributed by atoms with van der Waals surface area (Å²) in [5.41, 5.74) is 6.77. The van der Waals surface area contributed by atoms with Crippen LogP contribution >= 0.6 is 0 Å². The first kappa shape index (κ1) is 16.4. The summed E-state index contributed by atoms with van der Waals surface area (Å²) in [4.78, 5) is 2.35. The third-order valence-electron chi connectivity index (χ3n) is 5.43. The number of hydrogen-bond acceptors (Lipinski definition) is 2. The summed E-state index contributed by atoms with van der Waals surface area (Å²) in [6.45, 7) is 5.10. The molecule has 0 heterocycles. The minimum atomic E-state index is -0.107. The summed E-state index contributed by atoms with van der Waals surface area (Å²) in [6.07, 6.45) is 4.91. The second-order valence-corrected chi connectivity index (χ2v) is 6.51. The number of nitrogens with zero attached hydrogens (tertiary/aromatic N) is 1. The van der Waals surface area contributed by atoms with Crippen LogP contribution in [0, 0.1) is 17.7 Å². The zero-order chi connectivity index (χ0) is 15.4. The van der Waals surface area contributed by atoms with E-state index >= 15 is 0 Å². The van der Waals surface area contributed by atoms with Gasteiger partial charge in [-0.05, 0) is 51.3 Å². The highest BCUT2D eigenvalue weighted by Crippen LogP contribution is 2.36. The lowest BCUT2D eigenvalue weighted by Crippen LogP contribution is -2.46. The van der Waals surface area contributed by atoms with Gasteiger partial charge in [0.15, 0.2) is 0 Å². The van der Waals surface area contributed by atoms with E-state index in [1.165, 1.54) is 25.7 Å². The average molecular weight is 292 g/mol. The highest BCUT2D eigenvalue weighted by molar-refractivity contribution is 5.21. The third kappa shape index (κ3) is 3.64. The average Bonchev–Trinajstić information content (AvgIpc) is 2.53. The molecule has 0 aliphatic heterocycles. The molecule has 2 rings (SSSR count). The van der Waals surface area contributed by atoms with Crippen molar-refractivity contribution in [2.75, 3.05) is 13.6 Å². The van der Waals surface area contributed by atoms with Gasteiger partial charge >= 0.3 is 0 Å². The number of hydrogen-bond donors (Lipinski definition) is 1. The molecule has 0 bridgehead atoms. The zero-order valence-corrected chi connectivity index (χ0v) is 13.6. The van der Waals surface area contributed by atoms with E-state index in [1.807, 2.05) is 12.1 Å². The van der Waals surface area contributed by atoms with Gasteiger partial charge in [0.1, 0.15) is 5.82 Å². The maximum Gasteiger partial charge on any atom is 0.127 e. The SMILES string of the molecule is CCC1CCC(CN)C(N(C)C(C)c2ccccc2F)C1. The lowest BCUT2D eigenvalue weighted by Gasteiger charge is -2.43. The van der Waals surface area contributed by atoms with E-state index in [9.17, 15) is 4.39 Å². The lowest BCUT2D eigenvalue weighted by molar-refractivity contribution is 0.0725. The van der Waals surface area contributed by atoms with Gasteiger partial charge in [0.05, 0.1) is 0 Å². The number of benzene rings is 1. The molecule has 2 nitrogen and oxygen atoms in total. The molecule has 21 heavy (non-hydrogen) atoms. The molecular weight excluding hydrogens is 263 g/mol. The second kappa shape index (κ2) is 7.37. The quantitative estimate of drug-likeness (QED) is 0.889. The van der Waals surface area contributed by atoms with Crippen LogP contribution in [-0.2, 0) is 0 Å². The Kier molecular flexibility index (Phi) is 5.77. The Bertz CT molecular complexity index is 449. The molecule has 1 aliphatic carbocycles. The van der Waals surface area contributed by atoms with Crippen molar-refractivity contribution in [3.8, 4) is 0 Å². The predicted molar refractivity (Wildman–Crippen MR) is 86.5 cm³/mol. The molecule has 0 spiro atoms. The largest absolute Gasteiger partial charge is 0.330 e. The molecule has 3 heteroatoms. The van der Waals surface area contributed by atoms with Crippen molar-refractivity contribution >= 4 is 0 Å². The molecule has 4 unspecified atom stereocenters. The summed E-state index contributed by atoms with van der Waals surface area (Å²) in [5.74, 6) is 1.21. The third-order valence-corrected chi connectivity index (χ3v) is 5.43. The molecule has 1 aromatic rings. The fraction of sp³-hybridized carbons (Fsp3) is 0.667. The highest BCUT2D eigenvalue weighted by Gasteiger charge is 2.34. The van der Waals surface area contributed by atoms with Crippen LogP contribution in [0.15, 0.2) is 24.3 Å². The zero-order valence-electron chi connectivity index (χ0n) is 13.6. The molecule has 1 aliphatic rings. The Labute approximate surface area is 128 Å². The Hall–Kier alpha value is -0.930. The molecule has 0 radical (unpaired) electrons. The van der Waals surface area contributed by atoms with Crippen LogP contribution in [0.25, 0.3) is 0 Å². The highest BCUT2D eigenvalue weighted by atomic mass is 19.1. The Balaban J connectivity index is 2.16. The van der Waals surface area contributed by atoms with Crippen LogP contribution in [0.3, 0.4) is 0 Å². The second-order valence-electron chi connectivity index (χ2n) is 6.51. The van der Waals surface area contributed by atoms with E-state index in [4.69, 9.17) is 5.73 Å². The Morgan fingerprint density at radius 3 is 2.67 bits per heavy atom. The van der Waals surface area contributed by atoms with Crippen LogP contribution in [-0.4, -0.2) is 24.5 Å². The monoisotopic (exact) mass is 292 g/mol. The van der Waals surface area contributed by atoms with Crippen LogP contribution in [0.2, 0.25) is 0 Å². The molecule has 4 atom stereocenters. The standard InChI is InChI=1S/C18H29FN2/c1-4-14-9-10-15(12-20)18(11-14)21(3)13(2)16-7-5-6-8-17(16)19/h5-8,13-15,18H,4,9-12,20H2,1-3H3. The van der Waals surface area contributed by atoms with Gasteiger partial charge in [0, 0.05) is 17.6 Å². The van der Waals surface area contributed by atoms with Gasteiger partial charge in [0.25, 0.3) is 0 Å². The van der Waals surface area contributed by atoms with Gasteiger partial charge in [-0.2, -0.15) is 0 Å². The number of nitrogens with two attached hydrogens (primary N) is 1. The van der Waals surface area contributed by atoms with Crippen LogP contribution in [0.4, 0.5) is 4.39 Å². The summed E-state index contributed by atoms with van der Waals surface area (Å²) in [5, 5.41) is 0. The normalized spacial score (nSPS) is 27.8. The van der Waals surface area contributed by atoms with E-state index in [0.717, 1.165) is 18.0 Å². The van der Waals surface area contributed by atoms with Crippen molar-refractivity contribution in [1.82, 2.24) is 4.90 Å². The van der Waals surface area contributed by atoms with Crippen LogP contribution in [0.5, 0.6) is 0 Å². The Morgan fingerprint density at radius 2 is 2.05 bits per heavy atom. The van der Waals surface area contributed by atoms with E-state index in [-0.39, 0.29) is 11.9 Å². The van der Waals surface area contributed by atoms with E-state index in [0.29, 0.717) is 12.0 Å². The summed E-state index contributed by atoms with van der Waals surface area (Å²) < 4.78 is 14.0. The van der Waals surface area contributed by atoms with E-state index in [2.05, 4.69) is 25.8 Å². The first-order chi connectivity index (χ1) is 10.1. The molecule has 1 fully saturated rings. The molecular formula is C18H29FN2. The number of rotatable bonds is 5. The topological polar surface area (TPSA) is 29.3 Å².